The van der Waals surface area contributed by atoms with Gasteiger partial charge in [-0.05, 0) is 13.3 Å². The van der Waals surface area contributed by atoms with Crippen molar-refractivity contribution >= 4 is 11.7 Å². The van der Waals surface area contributed by atoms with Crippen molar-refractivity contribution in [2.75, 3.05) is 5.32 Å². The number of carbonyl (C=O) groups is 1. The number of anilines is 1. The third kappa shape index (κ3) is 2.08. The molecule has 72 valence electrons. The summed E-state index contributed by atoms with van der Waals surface area (Å²) >= 11 is 0. The lowest BCUT2D eigenvalue weighted by atomic mass is 10.2. The first-order valence-corrected chi connectivity index (χ1v) is 4.52. The minimum absolute atomic E-state index is 0.00254. The van der Waals surface area contributed by atoms with Crippen molar-refractivity contribution in [2.45, 2.75) is 33.6 Å². The number of H-pyrrole nitrogens is 1. The van der Waals surface area contributed by atoms with Crippen molar-refractivity contribution in [1.82, 2.24) is 10.2 Å². The van der Waals surface area contributed by atoms with E-state index < -0.39 is 0 Å². The van der Waals surface area contributed by atoms with Gasteiger partial charge in [-0.3, -0.25) is 9.89 Å². The fraction of sp³-hybridized carbons (Fsp3) is 0.556. The van der Waals surface area contributed by atoms with Gasteiger partial charge in [-0.1, -0.05) is 13.8 Å². The minimum Gasteiger partial charge on any atom is -0.309 e. The van der Waals surface area contributed by atoms with Crippen LogP contribution in [0.3, 0.4) is 0 Å². The molecule has 0 aliphatic rings. The first kappa shape index (κ1) is 9.77. The summed E-state index contributed by atoms with van der Waals surface area (Å²) in [6, 6.07) is 0. The Balaban J connectivity index is 2.78. The highest BCUT2D eigenvalue weighted by Gasteiger charge is 2.08. The van der Waals surface area contributed by atoms with Crippen molar-refractivity contribution in [1.29, 1.82) is 0 Å². The highest BCUT2D eigenvalue weighted by molar-refractivity contribution is 5.90. The zero-order valence-corrected chi connectivity index (χ0v) is 8.27. The number of nitrogens with one attached hydrogen (secondary N) is 2. The molecule has 2 N–H and O–H groups in total. The quantitative estimate of drug-likeness (QED) is 0.744. The molecule has 4 heteroatoms. The number of amides is 1. The fourth-order valence-corrected chi connectivity index (χ4v) is 1.12. The first-order chi connectivity index (χ1) is 6.19. The summed E-state index contributed by atoms with van der Waals surface area (Å²) in [6.45, 7) is 5.82. The Morgan fingerprint density at radius 1 is 1.54 bits per heavy atom. The zero-order valence-electron chi connectivity index (χ0n) is 8.27. The van der Waals surface area contributed by atoms with Gasteiger partial charge >= 0.3 is 0 Å². The van der Waals surface area contributed by atoms with E-state index in [-0.39, 0.29) is 5.91 Å². The summed E-state index contributed by atoms with van der Waals surface area (Å²) in [4.78, 5) is 11.1. The van der Waals surface area contributed by atoms with Crippen LogP contribution in [0, 0.1) is 6.92 Å². The maximum absolute atomic E-state index is 11.1. The molecule has 0 bridgehead atoms. The third-order valence-corrected chi connectivity index (χ3v) is 2.04. The van der Waals surface area contributed by atoms with Gasteiger partial charge < -0.3 is 5.32 Å². The summed E-state index contributed by atoms with van der Waals surface area (Å²) in [6.07, 6.45) is 1.38. The molecule has 4 nitrogen and oxygen atoms in total. The number of aromatic amines is 1. The van der Waals surface area contributed by atoms with Crippen molar-refractivity contribution in [3.8, 4) is 0 Å². The van der Waals surface area contributed by atoms with Crippen LogP contribution in [0.15, 0.2) is 0 Å². The predicted molar refractivity (Wildman–Crippen MR) is 51.6 cm³/mol. The largest absolute Gasteiger partial charge is 0.309 e. The topological polar surface area (TPSA) is 57.8 Å². The van der Waals surface area contributed by atoms with Gasteiger partial charge in [-0.15, -0.1) is 0 Å². The molecule has 0 spiro atoms. The van der Waals surface area contributed by atoms with Crippen LogP contribution in [0.2, 0.25) is 0 Å². The molecule has 0 atom stereocenters. The predicted octanol–water partition coefficient (Wildman–Crippen LogP) is 1.63. The minimum atomic E-state index is -0.00254. The van der Waals surface area contributed by atoms with Gasteiger partial charge in [0.25, 0.3) is 0 Å². The lowest BCUT2D eigenvalue weighted by molar-refractivity contribution is -0.115. The van der Waals surface area contributed by atoms with Crippen LogP contribution in [-0.2, 0) is 11.2 Å². The molecule has 0 fully saturated rings. The Bertz CT molecular complexity index is 304. The average molecular weight is 181 g/mol. The molecule has 1 rings (SSSR count). The van der Waals surface area contributed by atoms with Gasteiger partial charge in [0.1, 0.15) is 0 Å². The zero-order chi connectivity index (χ0) is 9.84. The SMILES string of the molecule is CCC(=O)Nc1n[nH]c(CC)c1C. The Kier molecular flexibility index (Phi) is 3.06. The van der Waals surface area contributed by atoms with Crippen molar-refractivity contribution in [3.05, 3.63) is 11.3 Å². The second-order valence-corrected chi connectivity index (χ2v) is 2.93. The second-order valence-electron chi connectivity index (χ2n) is 2.93. The summed E-state index contributed by atoms with van der Waals surface area (Å²) in [5, 5.41) is 9.64. The molecule has 0 aliphatic carbocycles. The molecule has 1 amide bonds. The van der Waals surface area contributed by atoms with E-state index in [0.717, 1.165) is 17.7 Å². The van der Waals surface area contributed by atoms with E-state index in [0.29, 0.717) is 12.2 Å². The Morgan fingerprint density at radius 2 is 2.23 bits per heavy atom. The first-order valence-electron chi connectivity index (χ1n) is 4.52. The van der Waals surface area contributed by atoms with Gasteiger partial charge in [0.05, 0.1) is 0 Å². The smallest absolute Gasteiger partial charge is 0.225 e. The van der Waals surface area contributed by atoms with Gasteiger partial charge in [0.2, 0.25) is 5.91 Å². The van der Waals surface area contributed by atoms with Crippen molar-refractivity contribution in [3.63, 3.8) is 0 Å². The molecule has 0 saturated carbocycles. The lowest BCUT2D eigenvalue weighted by Crippen LogP contribution is -2.10. The summed E-state index contributed by atoms with van der Waals surface area (Å²) in [5.74, 6) is 0.654. The van der Waals surface area contributed by atoms with Crippen LogP contribution < -0.4 is 5.32 Å². The number of hydrogen-bond donors (Lipinski definition) is 2. The molecule has 1 heterocycles. The molecule has 13 heavy (non-hydrogen) atoms. The van der Waals surface area contributed by atoms with Gasteiger partial charge in [0, 0.05) is 17.7 Å². The third-order valence-electron chi connectivity index (χ3n) is 2.04. The number of carbonyl (C=O) groups excluding carboxylic acids is 1. The normalized spacial score (nSPS) is 10.1. The molecule has 0 aliphatic heterocycles. The van der Waals surface area contributed by atoms with E-state index in [1.165, 1.54) is 0 Å². The Hall–Kier alpha value is -1.32. The monoisotopic (exact) mass is 181 g/mol. The van der Waals surface area contributed by atoms with E-state index >= 15 is 0 Å². The van der Waals surface area contributed by atoms with Crippen LogP contribution >= 0.6 is 0 Å². The molecule has 0 aromatic carbocycles. The number of aromatic nitrogens is 2. The number of hydrogen-bond acceptors (Lipinski definition) is 2. The Labute approximate surface area is 77.7 Å². The van der Waals surface area contributed by atoms with E-state index in [1.807, 2.05) is 20.8 Å². The molecular weight excluding hydrogens is 166 g/mol. The second kappa shape index (κ2) is 4.07. The van der Waals surface area contributed by atoms with E-state index in [2.05, 4.69) is 15.5 Å². The summed E-state index contributed by atoms with van der Waals surface area (Å²) in [7, 11) is 0. The maximum Gasteiger partial charge on any atom is 0.225 e. The molecule has 0 saturated heterocycles. The van der Waals surface area contributed by atoms with Crippen LogP contribution in [0.4, 0.5) is 5.82 Å². The summed E-state index contributed by atoms with van der Waals surface area (Å²) in [5.41, 5.74) is 2.11. The van der Waals surface area contributed by atoms with Crippen LogP contribution in [0.1, 0.15) is 31.5 Å². The van der Waals surface area contributed by atoms with Gasteiger partial charge in [0.15, 0.2) is 5.82 Å². The van der Waals surface area contributed by atoms with Crippen LogP contribution in [-0.4, -0.2) is 16.1 Å². The Morgan fingerprint density at radius 3 is 2.69 bits per heavy atom. The van der Waals surface area contributed by atoms with Crippen molar-refractivity contribution < 1.29 is 4.79 Å². The van der Waals surface area contributed by atoms with E-state index in [4.69, 9.17) is 0 Å². The van der Waals surface area contributed by atoms with Crippen LogP contribution in [0.5, 0.6) is 0 Å². The van der Waals surface area contributed by atoms with Gasteiger partial charge in [-0.2, -0.15) is 5.10 Å². The highest BCUT2D eigenvalue weighted by atomic mass is 16.1. The lowest BCUT2D eigenvalue weighted by Gasteiger charge is -1.99. The van der Waals surface area contributed by atoms with Gasteiger partial charge in [-0.25, -0.2) is 0 Å². The molecular formula is C9H15N3O. The molecule has 0 radical (unpaired) electrons. The van der Waals surface area contributed by atoms with Crippen LogP contribution in [0.25, 0.3) is 0 Å². The standard InChI is InChI=1S/C9H15N3O/c1-4-7-6(3)9(12-11-7)10-8(13)5-2/h4-5H2,1-3H3,(H2,10,11,12,13). The molecule has 1 aromatic heterocycles. The van der Waals surface area contributed by atoms with Crippen molar-refractivity contribution in [2.24, 2.45) is 0 Å². The maximum atomic E-state index is 11.1. The molecule has 1 aromatic rings. The highest BCUT2D eigenvalue weighted by Crippen LogP contribution is 2.15. The van der Waals surface area contributed by atoms with E-state index in [9.17, 15) is 4.79 Å². The number of nitrogens with zero attached hydrogens (tertiary/aromatic N) is 1. The average Bonchev–Trinajstić information content (AvgIpc) is 2.48. The number of rotatable bonds is 3. The van der Waals surface area contributed by atoms with E-state index in [1.54, 1.807) is 0 Å². The number of aryl methyl sites for hydroxylation is 1. The fourth-order valence-electron chi connectivity index (χ4n) is 1.12. The summed E-state index contributed by atoms with van der Waals surface area (Å²) < 4.78 is 0. The molecule has 0 unspecified atom stereocenters.